The van der Waals surface area contributed by atoms with E-state index in [9.17, 15) is 9.90 Å². The predicted octanol–water partition coefficient (Wildman–Crippen LogP) is 4.22. The van der Waals surface area contributed by atoms with Gasteiger partial charge in [-0.3, -0.25) is 4.79 Å². The molecule has 0 bridgehead atoms. The Bertz CT molecular complexity index is 679. The summed E-state index contributed by atoms with van der Waals surface area (Å²) in [6.45, 7) is 4.65. The fourth-order valence-electron chi connectivity index (χ4n) is 7.48. The largest absolute Gasteiger partial charge is 0.393 e. The Kier molecular flexibility index (Phi) is 2.65. The second kappa shape index (κ2) is 4.14. The van der Waals surface area contributed by atoms with Crippen molar-refractivity contribution in [2.24, 2.45) is 34.0 Å². The predicted molar refractivity (Wildman–Crippen MR) is 89.9 cm³/mol. The number of halogens is 1. The summed E-state index contributed by atoms with van der Waals surface area (Å²) in [4.78, 5) is 12.0. The molecular formula is C20H25ClO2. The van der Waals surface area contributed by atoms with Crippen LogP contribution in [0.5, 0.6) is 0 Å². The molecular weight excluding hydrogens is 308 g/mol. The van der Waals surface area contributed by atoms with Gasteiger partial charge < -0.3 is 5.11 Å². The molecule has 2 nitrogen and oxygen atoms in total. The Morgan fingerprint density at radius 2 is 2.04 bits per heavy atom. The minimum Gasteiger partial charge on any atom is -0.393 e. The van der Waals surface area contributed by atoms with Gasteiger partial charge in [0, 0.05) is 5.41 Å². The molecule has 0 heterocycles. The van der Waals surface area contributed by atoms with E-state index in [-0.39, 0.29) is 22.7 Å². The van der Waals surface area contributed by atoms with Gasteiger partial charge in [0.15, 0.2) is 5.78 Å². The fraction of sp³-hybridized carbons (Fsp3) is 0.750. The van der Waals surface area contributed by atoms with Crippen molar-refractivity contribution in [1.29, 1.82) is 0 Å². The molecule has 0 aromatic heterocycles. The number of hydrogen-bond donors (Lipinski definition) is 1. The zero-order valence-electron chi connectivity index (χ0n) is 13.9. The van der Waals surface area contributed by atoms with Crippen LogP contribution in [0.1, 0.15) is 52.4 Å². The molecule has 0 radical (unpaired) electrons. The quantitative estimate of drug-likeness (QED) is 0.721. The SMILES string of the molecule is C[C@]12C=CC(=O)C(Cl)=C1CCC1C2CC[C@]2(C)[C@@H](O)C[C@@H]3C[C@@]132. The van der Waals surface area contributed by atoms with Crippen molar-refractivity contribution >= 4 is 17.4 Å². The van der Waals surface area contributed by atoms with Crippen LogP contribution < -0.4 is 0 Å². The van der Waals surface area contributed by atoms with Gasteiger partial charge in [-0.1, -0.05) is 31.5 Å². The maximum Gasteiger partial charge on any atom is 0.196 e. The average molecular weight is 333 g/mol. The molecule has 0 aromatic carbocycles. The number of rotatable bonds is 0. The first kappa shape index (κ1) is 14.7. The van der Waals surface area contributed by atoms with E-state index >= 15 is 0 Å². The second-order valence-electron chi connectivity index (χ2n) is 9.17. The van der Waals surface area contributed by atoms with Crippen molar-refractivity contribution in [3.8, 4) is 0 Å². The van der Waals surface area contributed by atoms with Gasteiger partial charge in [0.25, 0.3) is 0 Å². The second-order valence-corrected chi connectivity index (χ2v) is 9.55. The van der Waals surface area contributed by atoms with Gasteiger partial charge >= 0.3 is 0 Å². The lowest BCUT2D eigenvalue weighted by atomic mass is 9.46. The van der Waals surface area contributed by atoms with Gasteiger partial charge in [-0.25, -0.2) is 0 Å². The summed E-state index contributed by atoms with van der Waals surface area (Å²) in [5.74, 6) is 1.97. The highest BCUT2D eigenvalue weighted by molar-refractivity contribution is 6.45. The van der Waals surface area contributed by atoms with Crippen LogP contribution in [0.4, 0.5) is 0 Å². The summed E-state index contributed by atoms with van der Waals surface area (Å²) >= 11 is 6.41. The summed E-state index contributed by atoms with van der Waals surface area (Å²) in [7, 11) is 0. The standard InChI is InChI=1S/C20H25ClO2/c1-18-7-6-15(22)17(21)14(18)4-3-13-12(18)5-8-19(2)16(23)9-11-10-20(11,13)19/h6-7,11-13,16,23H,3-5,8-10H2,1-2H3/t11-,12?,13?,16+,18-,19-,20+/m1/s1. The van der Waals surface area contributed by atoms with Crippen LogP contribution in [-0.4, -0.2) is 17.0 Å². The Hall–Kier alpha value is -0.600. The molecule has 0 aromatic rings. The molecule has 3 heteroatoms. The molecule has 5 aliphatic carbocycles. The molecule has 1 N–H and O–H groups in total. The first-order valence-corrected chi connectivity index (χ1v) is 9.53. The number of fused-ring (bicyclic) bond motifs is 3. The van der Waals surface area contributed by atoms with E-state index in [1.54, 1.807) is 6.08 Å². The number of ketones is 1. The number of aliphatic hydroxyl groups excluding tert-OH is 1. The lowest BCUT2D eigenvalue weighted by Crippen LogP contribution is -2.53. The third kappa shape index (κ3) is 1.46. The van der Waals surface area contributed by atoms with Gasteiger partial charge in [-0.2, -0.15) is 0 Å². The first-order chi connectivity index (χ1) is 10.8. The van der Waals surface area contributed by atoms with E-state index in [0.29, 0.717) is 22.3 Å². The molecule has 0 aliphatic heterocycles. The van der Waals surface area contributed by atoms with Crippen molar-refractivity contribution in [2.45, 2.75) is 58.5 Å². The molecule has 23 heavy (non-hydrogen) atoms. The van der Waals surface area contributed by atoms with Gasteiger partial charge in [0.1, 0.15) is 0 Å². The number of aliphatic hydroxyl groups is 1. The van der Waals surface area contributed by atoms with E-state index in [4.69, 9.17) is 11.6 Å². The highest BCUT2D eigenvalue weighted by atomic mass is 35.5. The molecule has 2 unspecified atom stereocenters. The topological polar surface area (TPSA) is 37.3 Å². The first-order valence-electron chi connectivity index (χ1n) is 9.15. The number of hydrogen-bond acceptors (Lipinski definition) is 2. The Labute approximate surface area is 143 Å². The summed E-state index contributed by atoms with van der Waals surface area (Å²) in [6.07, 6.45) is 10.4. The van der Waals surface area contributed by atoms with E-state index in [2.05, 4.69) is 19.9 Å². The van der Waals surface area contributed by atoms with Crippen LogP contribution in [0, 0.1) is 34.0 Å². The number of allylic oxidation sites excluding steroid dienone is 4. The van der Waals surface area contributed by atoms with Crippen LogP contribution in [0.2, 0.25) is 0 Å². The Balaban J connectivity index is 1.60. The Morgan fingerprint density at radius 1 is 1.26 bits per heavy atom. The minimum absolute atomic E-state index is 0.0167. The minimum atomic E-state index is -0.112. The molecule has 124 valence electrons. The van der Waals surface area contributed by atoms with Gasteiger partial charge in [0.05, 0.1) is 11.1 Å². The highest BCUT2D eigenvalue weighted by Gasteiger charge is 2.77. The smallest absolute Gasteiger partial charge is 0.196 e. The van der Waals surface area contributed by atoms with Crippen molar-refractivity contribution in [3.05, 3.63) is 22.8 Å². The van der Waals surface area contributed by atoms with Gasteiger partial charge in [0.2, 0.25) is 0 Å². The molecule has 0 saturated heterocycles. The molecule has 4 fully saturated rings. The van der Waals surface area contributed by atoms with E-state index in [0.717, 1.165) is 38.0 Å². The van der Waals surface area contributed by atoms with Crippen LogP contribution in [0.25, 0.3) is 0 Å². The Morgan fingerprint density at radius 3 is 2.83 bits per heavy atom. The summed E-state index contributed by atoms with van der Waals surface area (Å²) in [6, 6.07) is 0. The molecule has 5 rings (SSSR count). The summed E-state index contributed by atoms with van der Waals surface area (Å²) in [5.41, 5.74) is 1.62. The van der Waals surface area contributed by atoms with Crippen LogP contribution in [0.15, 0.2) is 22.8 Å². The summed E-state index contributed by atoms with van der Waals surface area (Å²) < 4.78 is 0. The third-order valence-corrected chi connectivity index (χ3v) is 9.18. The summed E-state index contributed by atoms with van der Waals surface area (Å²) in [5, 5.41) is 11.1. The molecule has 1 spiro atoms. The van der Waals surface area contributed by atoms with Gasteiger partial charge in [-0.05, 0) is 78.8 Å². The van der Waals surface area contributed by atoms with Crippen molar-refractivity contribution in [1.82, 2.24) is 0 Å². The molecule has 0 amide bonds. The normalized spacial score (nSPS) is 56.8. The van der Waals surface area contributed by atoms with Crippen molar-refractivity contribution in [2.75, 3.05) is 0 Å². The maximum atomic E-state index is 12.0. The van der Waals surface area contributed by atoms with Crippen molar-refractivity contribution < 1.29 is 9.90 Å². The zero-order chi connectivity index (χ0) is 16.2. The lowest BCUT2D eigenvalue weighted by molar-refractivity contribution is -0.112. The van der Waals surface area contributed by atoms with Crippen LogP contribution >= 0.6 is 11.6 Å². The third-order valence-electron chi connectivity index (χ3n) is 8.77. The van der Waals surface area contributed by atoms with Crippen LogP contribution in [-0.2, 0) is 4.79 Å². The molecule has 7 atom stereocenters. The van der Waals surface area contributed by atoms with E-state index in [1.807, 2.05) is 0 Å². The highest BCUT2D eigenvalue weighted by Crippen LogP contribution is 2.82. The molecule has 4 saturated carbocycles. The maximum absolute atomic E-state index is 12.0. The van der Waals surface area contributed by atoms with Gasteiger partial charge in [-0.15, -0.1) is 0 Å². The van der Waals surface area contributed by atoms with Crippen LogP contribution in [0.3, 0.4) is 0 Å². The van der Waals surface area contributed by atoms with Crippen molar-refractivity contribution in [3.63, 3.8) is 0 Å². The average Bonchev–Trinajstić information content (AvgIpc) is 3.17. The van der Waals surface area contributed by atoms with E-state index < -0.39 is 0 Å². The fourth-order valence-corrected chi connectivity index (χ4v) is 7.85. The molecule has 5 aliphatic rings. The monoisotopic (exact) mass is 332 g/mol. The zero-order valence-corrected chi connectivity index (χ0v) is 14.7. The van der Waals surface area contributed by atoms with E-state index in [1.165, 1.54) is 12.0 Å². The lowest BCUT2D eigenvalue weighted by Gasteiger charge is -2.58. The number of carbonyl (C=O) groups is 1. The number of carbonyl (C=O) groups excluding carboxylic acids is 1.